The Bertz CT molecular complexity index is 505. The number of hydrogen-bond donors (Lipinski definition) is 1. The van der Waals surface area contributed by atoms with Crippen LogP contribution in [-0.2, 0) is 5.75 Å². The number of nitrogens with zero attached hydrogens (tertiary/aromatic N) is 2. The quantitative estimate of drug-likeness (QED) is 0.817. The third-order valence-electron chi connectivity index (χ3n) is 1.75. The zero-order valence-corrected chi connectivity index (χ0v) is 9.15. The highest BCUT2D eigenvalue weighted by Crippen LogP contribution is 2.22. The third kappa shape index (κ3) is 2.43. The number of carboxylic acids is 1. The number of carbonyl (C=O) groups is 1. The number of hydrogen-bond acceptors (Lipinski definition) is 6. The molecule has 7 heteroatoms. The van der Waals surface area contributed by atoms with Crippen LogP contribution in [0.4, 0.5) is 0 Å². The topological polar surface area (TPSA) is 89.4 Å². The van der Waals surface area contributed by atoms with E-state index in [1.165, 1.54) is 24.1 Å². The summed E-state index contributed by atoms with van der Waals surface area (Å²) in [5, 5.41) is 16.6. The van der Waals surface area contributed by atoms with Crippen molar-refractivity contribution in [3.05, 3.63) is 29.5 Å². The fourth-order valence-corrected chi connectivity index (χ4v) is 1.73. The van der Waals surface area contributed by atoms with Crippen molar-refractivity contribution in [2.75, 3.05) is 0 Å². The molecule has 16 heavy (non-hydrogen) atoms. The van der Waals surface area contributed by atoms with Gasteiger partial charge in [0.15, 0.2) is 0 Å². The molecule has 0 atom stereocenters. The van der Waals surface area contributed by atoms with E-state index in [-0.39, 0.29) is 5.56 Å². The lowest BCUT2D eigenvalue weighted by atomic mass is 10.3. The molecule has 2 heterocycles. The van der Waals surface area contributed by atoms with Crippen LogP contribution in [0, 0.1) is 6.92 Å². The molecule has 2 aromatic heterocycles. The van der Waals surface area contributed by atoms with Crippen LogP contribution in [-0.4, -0.2) is 21.3 Å². The fourth-order valence-electron chi connectivity index (χ4n) is 1.04. The van der Waals surface area contributed by atoms with Crippen LogP contribution in [0.1, 0.15) is 22.0 Å². The van der Waals surface area contributed by atoms with Crippen molar-refractivity contribution in [1.29, 1.82) is 0 Å². The molecule has 2 rings (SSSR count). The summed E-state index contributed by atoms with van der Waals surface area (Å²) in [7, 11) is 0. The zero-order valence-electron chi connectivity index (χ0n) is 8.34. The summed E-state index contributed by atoms with van der Waals surface area (Å²) >= 11 is 1.29. The Morgan fingerprint density at radius 1 is 1.56 bits per heavy atom. The van der Waals surface area contributed by atoms with Gasteiger partial charge in [0.05, 0.1) is 11.3 Å². The minimum Gasteiger partial charge on any atom is -0.478 e. The van der Waals surface area contributed by atoms with Gasteiger partial charge in [-0.1, -0.05) is 11.8 Å². The number of aryl methyl sites for hydroxylation is 1. The predicted octanol–water partition coefficient (Wildman–Crippen LogP) is 1.96. The number of aromatic nitrogens is 2. The van der Waals surface area contributed by atoms with Crippen molar-refractivity contribution in [1.82, 2.24) is 10.2 Å². The van der Waals surface area contributed by atoms with Gasteiger partial charge in [0.2, 0.25) is 5.89 Å². The standard InChI is InChI=1S/C9H8N2O4S/c1-5-10-11-9(15-5)16-4-7-2-6(3-14-7)8(12)13/h2-3H,4H2,1H3,(H,12,13). The first-order chi connectivity index (χ1) is 7.65. The predicted molar refractivity (Wildman–Crippen MR) is 54.3 cm³/mol. The third-order valence-corrected chi connectivity index (χ3v) is 2.59. The van der Waals surface area contributed by atoms with Crippen molar-refractivity contribution >= 4 is 17.7 Å². The summed E-state index contributed by atoms with van der Waals surface area (Å²) in [5.74, 6) is 0.495. The smallest absolute Gasteiger partial charge is 0.338 e. The van der Waals surface area contributed by atoms with Gasteiger partial charge < -0.3 is 13.9 Å². The average molecular weight is 240 g/mol. The van der Waals surface area contributed by atoms with Crippen LogP contribution < -0.4 is 0 Å². The van der Waals surface area contributed by atoms with Crippen LogP contribution in [0.5, 0.6) is 0 Å². The first-order valence-electron chi connectivity index (χ1n) is 4.39. The van der Waals surface area contributed by atoms with Gasteiger partial charge >= 0.3 is 5.97 Å². The molecule has 0 aliphatic carbocycles. The lowest BCUT2D eigenvalue weighted by molar-refractivity contribution is 0.0696. The second-order valence-electron chi connectivity index (χ2n) is 2.98. The summed E-state index contributed by atoms with van der Waals surface area (Å²) in [5.41, 5.74) is 0.136. The van der Waals surface area contributed by atoms with Crippen molar-refractivity contribution in [3.8, 4) is 0 Å². The maximum atomic E-state index is 10.6. The van der Waals surface area contributed by atoms with Crippen LogP contribution in [0.3, 0.4) is 0 Å². The Kier molecular flexibility index (Phi) is 2.95. The van der Waals surface area contributed by atoms with E-state index in [2.05, 4.69) is 10.2 Å². The Labute approximate surface area is 94.7 Å². The molecule has 0 aliphatic rings. The first-order valence-corrected chi connectivity index (χ1v) is 5.37. The monoisotopic (exact) mass is 240 g/mol. The SMILES string of the molecule is Cc1nnc(SCc2cc(C(=O)O)co2)o1. The van der Waals surface area contributed by atoms with Gasteiger partial charge in [-0.2, -0.15) is 0 Å². The van der Waals surface area contributed by atoms with Crippen LogP contribution >= 0.6 is 11.8 Å². The summed E-state index contributed by atoms with van der Waals surface area (Å²) in [6.45, 7) is 1.70. The molecule has 1 N–H and O–H groups in total. The van der Waals surface area contributed by atoms with Gasteiger partial charge in [0.25, 0.3) is 5.22 Å². The van der Waals surface area contributed by atoms with Gasteiger partial charge in [-0.25, -0.2) is 4.79 Å². The highest BCUT2D eigenvalue weighted by molar-refractivity contribution is 7.98. The lowest BCUT2D eigenvalue weighted by Crippen LogP contribution is -1.91. The van der Waals surface area contributed by atoms with E-state index in [0.717, 1.165) is 0 Å². The number of aromatic carboxylic acids is 1. The van der Waals surface area contributed by atoms with Crippen LogP contribution in [0.2, 0.25) is 0 Å². The maximum absolute atomic E-state index is 10.6. The summed E-state index contributed by atoms with van der Waals surface area (Å²) in [6.07, 6.45) is 1.21. The van der Waals surface area contributed by atoms with Gasteiger partial charge in [-0.3, -0.25) is 0 Å². The number of thioether (sulfide) groups is 1. The van der Waals surface area contributed by atoms with E-state index in [0.29, 0.717) is 22.6 Å². The number of furan rings is 1. The molecule has 2 aromatic rings. The van der Waals surface area contributed by atoms with E-state index in [1.54, 1.807) is 6.92 Å². The van der Waals surface area contributed by atoms with E-state index < -0.39 is 5.97 Å². The van der Waals surface area contributed by atoms with Crippen LogP contribution in [0.25, 0.3) is 0 Å². The number of carboxylic acid groups (broad SMARTS) is 1. The summed E-state index contributed by atoms with van der Waals surface area (Å²) < 4.78 is 10.2. The zero-order chi connectivity index (χ0) is 11.5. The molecule has 0 fully saturated rings. The second-order valence-corrected chi connectivity index (χ2v) is 3.91. The lowest BCUT2D eigenvalue weighted by Gasteiger charge is -1.90. The first kappa shape index (κ1) is 10.7. The minimum absolute atomic E-state index is 0.136. The minimum atomic E-state index is -1.01. The van der Waals surface area contributed by atoms with Crippen molar-refractivity contribution in [2.24, 2.45) is 0 Å². The van der Waals surface area contributed by atoms with Gasteiger partial charge in [-0.15, -0.1) is 10.2 Å². The van der Waals surface area contributed by atoms with E-state index in [9.17, 15) is 4.79 Å². The fraction of sp³-hybridized carbons (Fsp3) is 0.222. The normalized spacial score (nSPS) is 10.6. The molecule has 0 radical (unpaired) electrons. The largest absolute Gasteiger partial charge is 0.478 e. The molecule has 0 spiro atoms. The van der Waals surface area contributed by atoms with Crippen molar-refractivity contribution in [2.45, 2.75) is 17.9 Å². The average Bonchev–Trinajstić information content (AvgIpc) is 2.83. The molecular formula is C9H8N2O4S. The molecule has 84 valence electrons. The highest BCUT2D eigenvalue weighted by atomic mass is 32.2. The van der Waals surface area contributed by atoms with Gasteiger partial charge in [0, 0.05) is 6.92 Å². The molecule has 0 aromatic carbocycles. The van der Waals surface area contributed by atoms with E-state index in [1.807, 2.05) is 0 Å². The Hall–Kier alpha value is -1.76. The van der Waals surface area contributed by atoms with Crippen molar-refractivity contribution < 1.29 is 18.7 Å². The molecule has 6 nitrogen and oxygen atoms in total. The molecule has 0 aliphatic heterocycles. The molecule has 0 amide bonds. The van der Waals surface area contributed by atoms with Crippen molar-refractivity contribution in [3.63, 3.8) is 0 Å². The Balaban J connectivity index is 1.97. The Morgan fingerprint density at radius 2 is 2.38 bits per heavy atom. The maximum Gasteiger partial charge on any atom is 0.338 e. The van der Waals surface area contributed by atoms with Gasteiger partial charge in [0.1, 0.15) is 12.0 Å². The van der Waals surface area contributed by atoms with Crippen LogP contribution in [0.15, 0.2) is 26.4 Å². The highest BCUT2D eigenvalue weighted by Gasteiger charge is 2.10. The van der Waals surface area contributed by atoms with E-state index >= 15 is 0 Å². The van der Waals surface area contributed by atoms with E-state index in [4.69, 9.17) is 13.9 Å². The van der Waals surface area contributed by atoms with Gasteiger partial charge in [-0.05, 0) is 6.07 Å². The molecular weight excluding hydrogens is 232 g/mol. The summed E-state index contributed by atoms with van der Waals surface area (Å²) in [6, 6.07) is 1.47. The Morgan fingerprint density at radius 3 is 2.94 bits per heavy atom. The molecule has 0 unspecified atom stereocenters. The second kappa shape index (κ2) is 4.40. The molecule has 0 bridgehead atoms. The molecule has 0 saturated heterocycles. The molecule has 0 saturated carbocycles. The number of rotatable bonds is 4. The summed E-state index contributed by atoms with van der Waals surface area (Å²) in [4.78, 5) is 10.6.